The standard InChI is InChI=1S/C13H14F3N3O2/c14-13(15,16)8-19(5-6-20)7-11-12(21)18-10-4-2-1-3-9(10)17-11/h1-4,20H,5-8H2,(H,18,21). The van der Waals surface area contributed by atoms with Crippen LogP contribution >= 0.6 is 0 Å². The van der Waals surface area contributed by atoms with Gasteiger partial charge in [0, 0.05) is 13.1 Å². The molecule has 5 nitrogen and oxygen atoms in total. The van der Waals surface area contributed by atoms with Gasteiger partial charge in [-0.05, 0) is 12.1 Å². The summed E-state index contributed by atoms with van der Waals surface area (Å²) in [4.78, 5) is 19.5. The molecule has 0 atom stereocenters. The Hall–Kier alpha value is -1.93. The van der Waals surface area contributed by atoms with Crippen molar-refractivity contribution < 1.29 is 18.3 Å². The number of hydrogen-bond acceptors (Lipinski definition) is 4. The molecule has 0 aliphatic rings. The summed E-state index contributed by atoms with van der Waals surface area (Å²) in [6.45, 7) is -2.10. The Morgan fingerprint density at radius 2 is 2.00 bits per heavy atom. The topological polar surface area (TPSA) is 69.2 Å². The molecule has 1 aromatic carbocycles. The molecule has 114 valence electrons. The molecule has 0 unspecified atom stereocenters. The highest BCUT2D eigenvalue weighted by Crippen LogP contribution is 2.17. The number of aromatic nitrogens is 2. The summed E-state index contributed by atoms with van der Waals surface area (Å²) in [6, 6.07) is 6.77. The third kappa shape index (κ3) is 4.27. The van der Waals surface area contributed by atoms with Gasteiger partial charge in [0.15, 0.2) is 0 Å². The highest BCUT2D eigenvalue weighted by Gasteiger charge is 2.31. The zero-order chi connectivity index (χ0) is 15.5. The number of para-hydroxylation sites is 2. The minimum absolute atomic E-state index is 0.00796. The zero-order valence-corrected chi connectivity index (χ0v) is 11.0. The van der Waals surface area contributed by atoms with Crippen molar-refractivity contribution in [1.82, 2.24) is 14.9 Å². The van der Waals surface area contributed by atoms with E-state index in [0.717, 1.165) is 4.90 Å². The van der Waals surface area contributed by atoms with Crippen LogP contribution in [0.25, 0.3) is 11.0 Å². The number of rotatable bonds is 5. The average Bonchev–Trinajstić information content (AvgIpc) is 2.38. The maximum absolute atomic E-state index is 12.5. The van der Waals surface area contributed by atoms with Crippen LogP contribution in [0.4, 0.5) is 13.2 Å². The Morgan fingerprint density at radius 1 is 1.29 bits per heavy atom. The minimum atomic E-state index is -4.40. The van der Waals surface area contributed by atoms with E-state index in [1.807, 2.05) is 0 Å². The molecule has 0 aliphatic heterocycles. The number of aromatic amines is 1. The number of aliphatic hydroxyl groups excluding tert-OH is 1. The van der Waals surface area contributed by atoms with Crippen LogP contribution in [-0.4, -0.2) is 45.8 Å². The van der Waals surface area contributed by atoms with Crippen LogP contribution in [0.15, 0.2) is 29.1 Å². The van der Waals surface area contributed by atoms with E-state index in [4.69, 9.17) is 5.11 Å². The quantitative estimate of drug-likeness (QED) is 0.873. The number of H-pyrrole nitrogens is 1. The maximum Gasteiger partial charge on any atom is 0.401 e. The van der Waals surface area contributed by atoms with Crippen LogP contribution in [0.2, 0.25) is 0 Å². The number of hydrogen-bond donors (Lipinski definition) is 2. The fraction of sp³-hybridized carbons (Fsp3) is 0.385. The third-order valence-corrected chi connectivity index (χ3v) is 2.86. The molecule has 2 rings (SSSR count). The Bertz CT molecular complexity index is 669. The molecule has 8 heteroatoms. The molecule has 21 heavy (non-hydrogen) atoms. The van der Waals surface area contributed by atoms with Crippen molar-refractivity contribution in [3.63, 3.8) is 0 Å². The van der Waals surface area contributed by atoms with Crippen molar-refractivity contribution in [2.75, 3.05) is 19.7 Å². The van der Waals surface area contributed by atoms with E-state index < -0.39 is 24.9 Å². The van der Waals surface area contributed by atoms with Crippen LogP contribution in [0, 0.1) is 0 Å². The second-order valence-corrected chi connectivity index (χ2v) is 4.58. The number of benzene rings is 1. The Morgan fingerprint density at radius 3 is 2.67 bits per heavy atom. The Kier molecular flexibility index (Phi) is 4.59. The summed E-state index contributed by atoms with van der Waals surface area (Å²) in [5.41, 5.74) is 0.490. The van der Waals surface area contributed by atoms with Gasteiger partial charge in [-0.2, -0.15) is 13.2 Å². The first-order valence-corrected chi connectivity index (χ1v) is 6.27. The molecule has 0 spiro atoms. The van der Waals surface area contributed by atoms with Gasteiger partial charge in [-0.15, -0.1) is 0 Å². The van der Waals surface area contributed by atoms with Crippen LogP contribution < -0.4 is 5.56 Å². The van der Waals surface area contributed by atoms with Crippen molar-refractivity contribution in [2.45, 2.75) is 12.7 Å². The van der Waals surface area contributed by atoms with E-state index in [0.29, 0.717) is 11.0 Å². The fourth-order valence-electron chi connectivity index (χ4n) is 2.00. The molecule has 0 aliphatic carbocycles. The SMILES string of the molecule is O=c1[nH]c2ccccc2nc1CN(CCO)CC(F)(F)F. The van der Waals surface area contributed by atoms with Gasteiger partial charge in [0.25, 0.3) is 5.56 Å². The van der Waals surface area contributed by atoms with E-state index >= 15 is 0 Å². The van der Waals surface area contributed by atoms with Crippen LogP contribution in [0.5, 0.6) is 0 Å². The molecular formula is C13H14F3N3O2. The predicted molar refractivity (Wildman–Crippen MR) is 70.8 cm³/mol. The van der Waals surface area contributed by atoms with Crippen molar-refractivity contribution in [3.8, 4) is 0 Å². The number of alkyl halides is 3. The lowest BCUT2D eigenvalue weighted by Crippen LogP contribution is -2.37. The zero-order valence-electron chi connectivity index (χ0n) is 11.0. The normalized spacial score (nSPS) is 12.2. The molecule has 2 N–H and O–H groups in total. The van der Waals surface area contributed by atoms with E-state index in [-0.39, 0.29) is 18.8 Å². The molecular weight excluding hydrogens is 287 g/mol. The smallest absolute Gasteiger partial charge is 0.395 e. The van der Waals surface area contributed by atoms with Crippen molar-refractivity contribution >= 4 is 11.0 Å². The summed E-state index contributed by atoms with van der Waals surface area (Å²) < 4.78 is 37.4. The van der Waals surface area contributed by atoms with Gasteiger partial charge in [-0.25, -0.2) is 4.98 Å². The van der Waals surface area contributed by atoms with Crippen molar-refractivity contribution in [1.29, 1.82) is 0 Å². The lowest BCUT2D eigenvalue weighted by molar-refractivity contribution is -0.148. The molecule has 0 radical (unpaired) electrons. The van der Waals surface area contributed by atoms with Crippen LogP contribution in [0.3, 0.4) is 0 Å². The van der Waals surface area contributed by atoms with Gasteiger partial charge >= 0.3 is 6.18 Å². The lowest BCUT2D eigenvalue weighted by atomic mass is 10.3. The maximum atomic E-state index is 12.5. The van der Waals surface area contributed by atoms with Gasteiger partial charge in [0.1, 0.15) is 5.69 Å². The van der Waals surface area contributed by atoms with Crippen LogP contribution in [0.1, 0.15) is 5.69 Å². The van der Waals surface area contributed by atoms with Gasteiger partial charge < -0.3 is 10.1 Å². The van der Waals surface area contributed by atoms with Gasteiger partial charge in [-0.3, -0.25) is 9.69 Å². The highest BCUT2D eigenvalue weighted by atomic mass is 19.4. The second kappa shape index (κ2) is 6.23. The second-order valence-electron chi connectivity index (χ2n) is 4.58. The predicted octanol–water partition coefficient (Wildman–Crippen LogP) is 1.28. The number of aliphatic hydroxyl groups is 1. The third-order valence-electron chi connectivity index (χ3n) is 2.86. The van der Waals surface area contributed by atoms with Gasteiger partial charge in [0.05, 0.1) is 24.2 Å². The lowest BCUT2D eigenvalue weighted by Gasteiger charge is -2.21. The summed E-state index contributed by atoms with van der Waals surface area (Å²) in [7, 11) is 0. The fourth-order valence-corrected chi connectivity index (χ4v) is 2.00. The summed E-state index contributed by atoms with van der Waals surface area (Å²) in [5, 5.41) is 8.84. The molecule has 0 bridgehead atoms. The van der Waals surface area contributed by atoms with E-state index in [2.05, 4.69) is 9.97 Å². The van der Waals surface area contributed by atoms with Gasteiger partial charge in [0.2, 0.25) is 0 Å². The van der Waals surface area contributed by atoms with E-state index in [1.165, 1.54) is 0 Å². The molecule has 0 saturated carbocycles. The summed E-state index contributed by atoms with van der Waals surface area (Å²) in [5.74, 6) is 0. The van der Waals surface area contributed by atoms with Gasteiger partial charge in [-0.1, -0.05) is 12.1 Å². The van der Waals surface area contributed by atoms with Crippen molar-refractivity contribution in [3.05, 3.63) is 40.3 Å². The van der Waals surface area contributed by atoms with E-state index in [9.17, 15) is 18.0 Å². The summed E-state index contributed by atoms with van der Waals surface area (Å²) in [6.07, 6.45) is -4.40. The molecule has 1 aromatic heterocycles. The largest absolute Gasteiger partial charge is 0.401 e. The minimum Gasteiger partial charge on any atom is -0.395 e. The first-order valence-electron chi connectivity index (χ1n) is 6.27. The van der Waals surface area contributed by atoms with Crippen LogP contribution in [-0.2, 0) is 6.54 Å². The monoisotopic (exact) mass is 301 g/mol. The van der Waals surface area contributed by atoms with Crippen molar-refractivity contribution in [2.24, 2.45) is 0 Å². The molecule has 2 aromatic rings. The van der Waals surface area contributed by atoms with E-state index in [1.54, 1.807) is 24.3 Å². The highest BCUT2D eigenvalue weighted by molar-refractivity contribution is 5.73. The number of halogens is 3. The average molecular weight is 301 g/mol. The number of fused-ring (bicyclic) bond motifs is 1. The molecule has 1 heterocycles. The summed E-state index contributed by atoms with van der Waals surface area (Å²) >= 11 is 0. The number of nitrogens with zero attached hydrogens (tertiary/aromatic N) is 2. The molecule has 0 fully saturated rings. The molecule has 0 amide bonds. The first kappa shape index (κ1) is 15.5. The number of nitrogens with one attached hydrogen (secondary N) is 1. The Labute approximate surface area is 118 Å². The Balaban J connectivity index is 2.27. The first-order chi connectivity index (χ1) is 9.89. The molecule has 0 saturated heterocycles.